The van der Waals surface area contributed by atoms with Crippen LogP contribution in [0.2, 0.25) is 0 Å². The maximum Gasteiger partial charge on any atom is 0.308 e. The number of ether oxygens (including phenoxy) is 2. The molecule has 1 aliphatic heterocycles. The molecule has 1 aromatic carbocycles. The Labute approximate surface area is 112 Å². The van der Waals surface area contributed by atoms with Gasteiger partial charge in [-0.1, -0.05) is 13.8 Å². The average molecular weight is 265 g/mol. The smallest absolute Gasteiger partial charge is 0.308 e. The Hall–Kier alpha value is -1.91. The molecule has 0 saturated carbocycles. The number of anilines is 1. The number of hydrogen-bond donors (Lipinski definition) is 2. The molecule has 1 unspecified atom stereocenters. The molecule has 2 N–H and O–H groups in total. The van der Waals surface area contributed by atoms with Gasteiger partial charge in [-0.15, -0.1) is 0 Å². The van der Waals surface area contributed by atoms with Gasteiger partial charge in [0, 0.05) is 18.3 Å². The minimum atomic E-state index is -0.778. The standard InChI is InChI=1S/C14H19NO4/c1-9(2)11(14(16)17)8-15-10-3-4-12-13(7-10)19-6-5-18-12/h3-4,7,9,11,15H,5-6,8H2,1-2H3,(H,16,17). The number of aliphatic carboxylic acids is 1. The van der Waals surface area contributed by atoms with Crippen LogP contribution in [0.1, 0.15) is 13.8 Å². The summed E-state index contributed by atoms with van der Waals surface area (Å²) in [7, 11) is 0. The summed E-state index contributed by atoms with van der Waals surface area (Å²) in [5, 5.41) is 12.3. The summed E-state index contributed by atoms with van der Waals surface area (Å²) >= 11 is 0. The van der Waals surface area contributed by atoms with Crippen LogP contribution in [0, 0.1) is 11.8 Å². The molecule has 0 bridgehead atoms. The zero-order chi connectivity index (χ0) is 13.8. The molecule has 19 heavy (non-hydrogen) atoms. The van der Waals surface area contributed by atoms with Gasteiger partial charge >= 0.3 is 5.97 Å². The highest BCUT2D eigenvalue weighted by Gasteiger charge is 2.21. The minimum absolute atomic E-state index is 0.0854. The quantitative estimate of drug-likeness (QED) is 0.854. The van der Waals surface area contributed by atoms with Crippen LogP contribution >= 0.6 is 0 Å². The Kier molecular flexibility index (Phi) is 4.14. The molecule has 104 valence electrons. The van der Waals surface area contributed by atoms with Crippen molar-refractivity contribution in [2.24, 2.45) is 11.8 Å². The van der Waals surface area contributed by atoms with Gasteiger partial charge in [0.2, 0.25) is 0 Å². The van der Waals surface area contributed by atoms with Gasteiger partial charge in [-0.3, -0.25) is 4.79 Å². The van der Waals surface area contributed by atoms with E-state index in [1.165, 1.54) is 0 Å². The van der Waals surface area contributed by atoms with Crippen molar-refractivity contribution in [3.05, 3.63) is 18.2 Å². The molecule has 0 saturated heterocycles. The Morgan fingerprint density at radius 3 is 2.63 bits per heavy atom. The first kappa shape index (κ1) is 13.5. The van der Waals surface area contributed by atoms with Gasteiger partial charge in [0.15, 0.2) is 11.5 Å². The normalized spacial score (nSPS) is 15.1. The van der Waals surface area contributed by atoms with E-state index in [2.05, 4.69) is 5.32 Å². The molecule has 0 amide bonds. The minimum Gasteiger partial charge on any atom is -0.486 e. The zero-order valence-corrected chi connectivity index (χ0v) is 11.2. The van der Waals surface area contributed by atoms with Crippen molar-refractivity contribution in [1.29, 1.82) is 0 Å². The summed E-state index contributed by atoms with van der Waals surface area (Å²) in [5.41, 5.74) is 0.844. The number of hydrogen-bond acceptors (Lipinski definition) is 4. The first-order valence-corrected chi connectivity index (χ1v) is 6.44. The van der Waals surface area contributed by atoms with Crippen molar-refractivity contribution >= 4 is 11.7 Å². The van der Waals surface area contributed by atoms with E-state index < -0.39 is 11.9 Å². The van der Waals surface area contributed by atoms with Gasteiger partial charge < -0.3 is 19.9 Å². The number of rotatable bonds is 5. The lowest BCUT2D eigenvalue weighted by Crippen LogP contribution is -2.27. The van der Waals surface area contributed by atoms with Crippen molar-refractivity contribution in [1.82, 2.24) is 0 Å². The van der Waals surface area contributed by atoms with E-state index in [-0.39, 0.29) is 5.92 Å². The second-order valence-electron chi connectivity index (χ2n) is 4.93. The van der Waals surface area contributed by atoms with E-state index in [9.17, 15) is 4.79 Å². The number of benzene rings is 1. The van der Waals surface area contributed by atoms with Gasteiger partial charge in [-0.25, -0.2) is 0 Å². The Morgan fingerprint density at radius 2 is 2.00 bits per heavy atom. The van der Waals surface area contributed by atoms with E-state index in [1.54, 1.807) is 0 Å². The van der Waals surface area contributed by atoms with Gasteiger partial charge in [0.25, 0.3) is 0 Å². The van der Waals surface area contributed by atoms with Gasteiger partial charge in [-0.05, 0) is 18.1 Å². The average Bonchev–Trinajstić information content (AvgIpc) is 2.38. The lowest BCUT2D eigenvalue weighted by Gasteiger charge is -2.21. The Morgan fingerprint density at radius 1 is 1.32 bits per heavy atom. The molecule has 5 heteroatoms. The molecule has 5 nitrogen and oxygen atoms in total. The highest BCUT2D eigenvalue weighted by atomic mass is 16.6. The lowest BCUT2D eigenvalue weighted by molar-refractivity contribution is -0.142. The zero-order valence-electron chi connectivity index (χ0n) is 11.2. The summed E-state index contributed by atoms with van der Waals surface area (Å²) in [5.74, 6) is 0.332. The third-order valence-electron chi connectivity index (χ3n) is 3.19. The van der Waals surface area contributed by atoms with Crippen LogP contribution < -0.4 is 14.8 Å². The second kappa shape index (κ2) is 5.82. The highest BCUT2D eigenvalue weighted by Crippen LogP contribution is 2.32. The van der Waals surface area contributed by atoms with Crippen LogP contribution in [0.15, 0.2) is 18.2 Å². The fourth-order valence-corrected chi connectivity index (χ4v) is 1.99. The SMILES string of the molecule is CC(C)C(CNc1ccc2c(c1)OCCO2)C(=O)O. The van der Waals surface area contributed by atoms with Crippen molar-refractivity contribution in [2.45, 2.75) is 13.8 Å². The number of carboxylic acid groups (broad SMARTS) is 1. The molecule has 1 atom stereocenters. The molecule has 2 rings (SSSR count). The number of fused-ring (bicyclic) bond motifs is 1. The highest BCUT2D eigenvalue weighted by molar-refractivity contribution is 5.71. The third-order valence-corrected chi connectivity index (χ3v) is 3.19. The fourth-order valence-electron chi connectivity index (χ4n) is 1.99. The van der Waals surface area contributed by atoms with Crippen molar-refractivity contribution in [3.63, 3.8) is 0 Å². The summed E-state index contributed by atoms with van der Waals surface area (Å²) in [6.45, 7) is 5.32. The molecular weight excluding hydrogens is 246 g/mol. The first-order chi connectivity index (χ1) is 9.08. The third kappa shape index (κ3) is 3.30. The van der Waals surface area contributed by atoms with Crippen LogP contribution in [0.5, 0.6) is 11.5 Å². The summed E-state index contributed by atoms with van der Waals surface area (Å²) < 4.78 is 10.9. The first-order valence-electron chi connectivity index (χ1n) is 6.44. The van der Waals surface area contributed by atoms with Crippen molar-refractivity contribution in [3.8, 4) is 11.5 Å². The maximum atomic E-state index is 11.1. The number of nitrogens with one attached hydrogen (secondary N) is 1. The van der Waals surface area contributed by atoms with E-state index in [0.717, 1.165) is 11.4 Å². The molecule has 1 heterocycles. The summed E-state index contributed by atoms with van der Waals surface area (Å²) in [6.07, 6.45) is 0. The van der Waals surface area contributed by atoms with E-state index >= 15 is 0 Å². The van der Waals surface area contributed by atoms with Crippen LogP contribution in [-0.2, 0) is 4.79 Å². The largest absolute Gasteiger partial charge is 0.486 e. The van der Waals surface area contributed by atoms with Crippen LogP contribution in [0.3, 0.4) is 0 Å². The number of carbonyl (C=O) groups is 1. The molecule has 0 fully saturated rings. The molecular formula is C14H19NO4. The fraction of sp³-hybridized carbons (Fsp3) is 0.500. The van der Waals surface area contributed by atoms with Gasteiger partial charge in [0.05, 0.1) is 5.92 Å². The monoisotopic (exact) mass is 265 g/mol. The van der Waals surface area contributed by atoms with Crippen LogP contribution in [0.25, 0.3) is 0 Å². The van der Waals surface area contributed by atoms with E-state index in [1.807, 2.05) is 32.0 Å². The summed E-state index contributed by atoms with van der Waals surface area (Å²) in [4.78, 5) is 11.1. The van der Waals surface area contributed by atoms with Crippen LogP contribution in [-0.4, -0.2) is 30.8 Å². The predicted octanol–water partition coefficient (Wildman–Crippen LogP) is 2.23. The summed E-state index contributed by atoms with van der Waals surface area (Å²) in [6, 6.07) is 5.54. The molecule has 0 radical (unpaired) electrons. The topological polar surface area (TPSA) is 67.8 Å². The maximum absolute atomic E-state index is 11.1. The molecule has 0 aromatic heterocycles. The Bertz CT molecular complexity index is 459. The Balaban J connectivity index is 2.01. The molecule has 0 spiro atoms. The van der Waals surface area contributed by atoms with Crippen molar-refractivity contribution < 1.29 is 19.4 Å². The lowest BCUT2D eigenvalue weighted by atomic mass is 9.96. The number of carboxylic acids is 1. The molecule has 0 aliphatic carbocycles. The van der Waals surface area contributed by atoms with E-state index in [0.29, 0.717) is 25.5 Å². The van der Waals surface area contributed by atoms with Gasteiger partial charge in [-0.2, -0.15) is 0 Å². The second-order valence-corrected chi connectivity index (χ2v) is 4.93. The van der Waals surface area contributed by atoms with E-state index in [4.69, 9.17) is 14.6 Å². The predicted molar refractivity (Wildman–Crippen MR) is 71.9 cm³/mol. The molecule has 1 aliphatic rings. The van der Waals surface area contributed by atoms with Crippen LogP contribution in [0.4, 0.5) is 5.69 Å². The molecule has 1 aromatic rings. The van der Waals surface area contributed by atoms with Gasteiger partial charge in [0.1, 0.15) is 13.2 Å². The van der Waals surface area contributed by atoms with Crippen molar-refractivity contribution in [2.75, 3.05) is 25.1 Å².